The summed E-state index contributed by atoms with van der Waals surface area (Å²) in [6.07, 6.45) is 14.0. The lowest BCUT2D eigenvalue weighted by atomic mass is 10.0. The SMILES string of the molecule is CCCCCCCCCCCCC(C)(N)O. The van der Waals surface area contributed by atoms with Gasteiger partial charge in [0.1, 0.15) is 5.72 Å². The Bertz CT molecular complexity index is 140. The van der Waals surface area contributed by atoms with E-state index in [1.807, 2.05) is 0 Å². The summed E-state index contributed by atoms with van der Waals surface area (Å²) in [5, 5.41) is 9.32. The second-order valence-corrected chi connectivity index (χ2v) is 5.29. The van der Waals surface area contributed by atoms with Gasteiger partial charge in [0.25, 0.3) is 0 Å². The van der Waals surface area contributed by atoms with Crippen LogP contribution in [0.1, 0.15) is 84.5 Å². The van der Waals surface area contributed by atoms with E-state index in [9.17, 15) is 5.11 Å². The summed E-state index contributed by atoms with van der Waals surface area (Å²) >= 11 is 0. The van der Waals surface area contributed by atoms with Crippen LogP contribution in [0, 0.1) is 0 Å². The van der Waals surface area contributed by atoms with Crippen molar-refractivity contribution in [2.75, 3.05) is 0 Å². The van der Waals surface area contributed by atoms with Crippen LogP contribution >= 0.6 is 0 Å². The smallest absolute Gasteiger partial charge is 0.110 e. The molecule has 0 spiro atoms. The number of unbranched alkanes of at least 4 members (excludes halogenated alkanes) is 9. The molecule has 0 aliphatic heterocycles. The van der Waals surface area contributed by atoms with Gasteiger partial charge in [0.05, 0.1) is 0 Å². The van der Waals surface area contributed by atoms with E-state index in [0.717, 1.165) is 12.8 Å². The first-order valence-electron chi connectivity index (χ1n) is 7.07. The molecule has 3 N–H and O–H groups in total. The summed E-state index contributed by atoms with van der Waals surface area (Å²) in [6, 6.07) is 0. The average Bonchev–Trinajstić information content (AvgIpc) is 2.19. The minimum atomic E-state index is -0.958. The van der Waals surface area contributed by atoms with E-state index in [0.29, 0.717) is 0 Å². The maximum absolute atomic E-state index is 9.32. The largest absolute Gasteiger partial charge is 0.376 e. The fraction of sp³-hybridized carbons (Fsp3) is 1.00. The van der Waals surface area contributed by atoms with Crippen molar-refractivity contribution in [3.63, 3.8) is 0 Å². The highest BCUT2D eigenvalue weighted by molar-refractivity contribution is 4.62. The van der Waals surface area contributed by atoms with E-state index in [2.05, 4.69) is 6.92 Å². The molecule has 2 heteroatoms. The molecule has 0 aliphatic rings. The molecule has 0 aromatic rings. The first kappa shape index (κ1) is 15.9. The van der Waals surface area contributed by atoms with Crippen LogP contribution in [0.5, 0.6) is 0 Å². The van der Waals surface area contributed by atoms with Gasteiger partial charge in [-0.3, -0.25) is 0 Å². The van der Waals surface area contributed by atoms with Crippen molar-refractivity contribution in [1.29, 1.82) is 0 Å². The minimum Gasteiger partial charge on any atom is -0.376 e. The Balaban J connectivity index is 2.99. The third kappa shape index (κ3) is 13.9. The third-order valence-corrected chi connectivity index (χ3v) is 3.04. The molecular weight excluding hydrogens is 198 g/mol. The van der Waals surface area contributed by atoms with Gasteiger partial charge >= 0.3 is 0 Å². The van der Waals surface area contributed by atoms with Crippen molar-refractivity contribution in [2.45, 2.75) is 90.2 Å². The van der Waals surface area contributed by atoms with Crippen LogP contribution in [0.4, 0.5) is 0 Å². The first-order valence-corrected chi connectivity index (χ1v) is 7.07. The molecule has 0 aliphatic carbocycles. The monoisotopic (exact) mass is 229 g/mol. The average molecular weight is 229 g/mol. The lowest BCUT2D eigenvalue weighted by Crippen LogP contribution is -2.35. The number of rotatable bonds is 11. The molecule has 0 amide bonds. The van der Waals surface area contributed by atoms with E-state index in [1.165, 1.54) is 57.8 Å². The van der Waals surface area contributed by atoms with E-state index < -0.39 is 5.72 Å². The number of hydrogen-bond acceptors (Lipinski definition) is 2. The molecule has 98 valence electrons. The standard InChI is InChI=1S/C14H31NO/c1-3-4-5-6-7-8-9-10-11-12-13-14(2,15)16/h16H,3-13,15H2,1-2H3. The Morgan fingerprint density at radius 1 is 0.812 bits per heavy atom. The Morgan fingerprint density at radius 2 is 1.19 bits per heavy atom. The highest BCUT2D eigenvalue weighted by atomic mass is 16.3. The van der Waals surface area contributed by atoms with Crippen LogP contribution in [-0.4, -0.2) is 10.8 Å². The van der Waals surface area contributed by atoms with E-state index in [1.54, 1.807) is 6.92 Å². The van der Waals surface area contributed by atoms with Gasteiger partial charge in [-0.15, -0.1) is 0 Å². The highest BCUT2D eigenvalue weighted by Gasteiger charge is 2.10. The van der Waals surface area contributed by atoms with Crippen LogP contribution in [0.25, 0.3) is 0 Å². The molecule has 0 heterocycles. The molecule has 2 nitrogen and oxygen atoms in total. The van der Waals surface area contributed by atoms with Crippen molar-refractivity contribution in [1.82, 2.24) is 0 Å². The Kier molecular flexibility index (Phi) is 10.0. The van der Waals surface area contributed by atoms with Crippen molar-refractivity contribution >= 4 is 0 Å². The third-order valence-electron chi connectivity index (χ3n) is 3.04. The predicted octanol–water partition coefficient (Wildman–Crippen LogP) is 3.96. The van der Waals surface area contributed by atoms with Crippen LogP contribution in [-0.2, 0) is 0 Å². The molecule has 0 aromatic carbocycles. The van der Waals surface area contributed by atoms with Crippen molar-refractivity contribution < 1.29 is 5.11 Å². The molecule has 0 saturated carbocycles. The van der Waals surface area contributed by atoms with Gasteiger partial charge in [0, 0.05) is 0 Å². The molecule has 0 bridgehead atoms. The minimum absolute atomic E-state index is 0.726. The summed E-state index contributed by atoms with van der Waals surface area (Å²) in [5.41, 5.74) is 4.54. The van der Waals surface area contributed by atoms with E-state index >= 15 is 0 Å². The van der Waals surface area contributed by atoms with Gasteiger partial charge in [-0.25, -0.2) is 0 Å². The van der Waals surface area contributed by atoms with Crippen LogP contribution in [0.3, 0.4) is 0 Å². The van der Waals surface area contributed by atoms with Gasteiger partial charge in [-0.1, -0.05) is 64.7 Å². The second-order valence-electron chi connectivity index (χ2n) is 5.29. The van der Waals surface area contributed by atoms with Crippen LogP contribution in [0.2, 0.25) is 0 Å². The Hall–Kier alpha value is -0.0800. The molecule has 1 unspecified atom stereocenters. The van der Waals surface area contributed by atoms with Crippen molar-refractivity contribution in [2.24, 2.45) is 5.73 Å². The molecular formula is C14H31NO. The van der Waals surface area contributed by atoms with Crippen molar-refractivity contribution in [3.05, 3.63) is 0 Å². The summed E-state index contributed by atoms with van der Waals surface area (Å²) in [6.45, 7) is 3.94. The topological polar surface area (TPSA) is 46.2 Å². The molecule has 0 rings (SSSR count). The first-order chi connectivity index (χ1) is 7.56. The molecule has 0 radical (unpaired) electrons. The van der Waals surface area contributed by atoms with Gasteiger partial charge in [-0.2, -0.15) is 0 Å². The zero-order chi connectivity index (χ0) is 12.3. The maximum Gasteiger partial charge on any atom is 0.110 e. The summed E-state index contributed by atoms with van der Waals surface area (Å²) in [7, 11) is 0. The normalized spacial score (nSPS) is 15.0. The van der Waals surface area contributed by atoms with Crippen LogP contribution < -0.4 is 5.73 Å². The van der Waals surface area contributed by atoms with E-state index in [-0.39, 0.29) is 0 Å². The lowest BCUT2D eigenvalue weighted by molar-refractivity contribution is 0.0550. The zero-order valence-electron chi connectivity index (χ0n) is 11.3. The Morgan fingerprint density at radius 3 is 1.56 bits per heavy atom. The zero-order valence-corrected chi connectivity index (χ0v) is 11.3. The van der Waals surface area contributed by atoms with E-state index in [4.69, 9.17) is 5.73 Å². The lowest BCUT2D eigenvalue weighted by Gasteiger charge is -2.16. The molecule has 16 heavy (non-hydrogen) atoms. The summed E-state index contributed by atoms with van der Waals surface area (Å²) < 4.78 is 0. The summed E-state index contributed by atoms with van der Waals surface area (Å²) in [4.78, 5) is 0. The van der Waals surface area contributed by atoms with Gasteiger partial charge in [-0.05, 0) is 19.8 Å². The highest BCUT2D eigenvalue weighted by Crippen LogP contribution is 2.13. The van der Waals surface area contributed by atoms with Gasteiger partial charge < -0.3 is 10.8 Å². The summed E-state index contributed by atoms with van der Waals surface area (Å²) in [5.74, 6) is 0. The van der Waals surface area contributed by atoms with Crippen molar-refractivity contribution in [3.8, 4) is 0 Å². The molecule has 0 aromatic heterocycles. The molecule has 1 atom stereocenters. The molecule has 0 saturated heterocycles. The maximum atomic E-state index is 9.32. The van der Waals surface area contributed by atoms with Gasteiger partial charge in [0.2, 0.25) is 0 Å². The fourth-order valence-corrected chi connectivity index (χ4v) is 1.97. The van der Waals surface area contributed by atoms with Gasteiger partial charge in [0.15, 0.2) is 0 Å². The fourth-order valence-electron chi connectivity index (χ4n) is 1.97. The van der Waals surface area contributed by atoms with Crippen LogP contribution in [0.15, 0.2) is 0 Å². The number of aliphatic hydroxyl groups is 1. The number of hydrogen-bond donors (Lipinski definition) is 2. The number of nitrogens with two attached hydrogens (primary N) is 1. The molecule has 0 fully saturated rings. The second kappa shape index (κ2) is 10.1. The quantitative estimate of drug-likeness (QED) is 0.416. The Labute approximate surface area is 102 Å². The predicted molar refractivity (Wildman–Crippen MR) is 71.3 cm³/mol.